The molecule has 2 aromatic rings. The summed E-state index contributed by atoms with van der Waals surface area (Å²) in [5, 5.41) is 12.2. The molecule has 1 fully saturated rings. The minimum atomic E-state index is -1.10. The van der Waals surface area contributed by atoms with Crippen LogP contribution < -0.4 is 5.32 Å². The number of rotatable bonds is 7. The van der Waals surface area contributed by atoms with Crippen molar-refractivity contribution in [2.45, 2.75) is 25.0 Å². The molecule has 1 aliphatic heterocycles. The molecule has 0 bridgehead atoms. The lowest BCUT2D eigenvalue weighted by molar-refractivity contribution is -0.144. The highest BCUT2D eigenvalue weighted by molar-refractivity contribution is 8.00. The number of thioether (sulfide) groups is 1. The maximum atomic E-state index is 12.9. The number of aliphatic carboxylic acids is 1. The van der Waals surface area contributed by atoms with Crippen LogP contribution in [0.25, 0.3) is 0 Å². The molecule has 1 saturated heterocycles. The number of amides is 2. The van der Waals surface area contributed by atoms with E-state index in [1.165, 1.54) is 11.8 Å². The lowest BCUT2D eigenvalue weighted by Crippen LogP contribution is -2.56. The second kappa shape index (κ2) is 9.41. The van der Waals surface area contributed by atoms with Crippen molar-refractivity contribution in [3.8, 4) is 0 Å². The molecule has 0 spiro atoms. The Morgan fingerprint density at radius 1 is 1.07 bits per heavy atom. The Bertz CT molecular complexity index is 829. The lowest BCUT2D eigenvalue weighted by Gasteiger charge is -2.35. The van der Waals surface area contributed by atoms with Gasteiger partial charge in [-0.3, -0.25) is 9.59 Å². The summed E-state index contributed by atoms with van der Waals surface area (Å²) in [5.41, 5.74) is 1.75. The Kier molecular flexibility index (Phi) is 6.71. The fourth-order valence-electron chi connectivity index (χ4n) is 3.12. The molecule has 0 saturated carbocycles. The number of carboxylic acids is 1. The van der Waals surface area contributed by atoms with Crippen LogP contribution in [-0.4, -0.2) is 51.4 Å². The number of carbonyl (C=O) groups excluding carboxylic acids is 2. The quantitative estimate of drug-likeness (QED) is 0.744. The van der Waals surface area contributed by atoms with Gasteiger partial charge in [-0.25, -0.2) is 4.79 Å². The van der Waals surface area contributed by atoms with E-state index in [1.54, 1.807) is 4.90 Å². The highest BCUT2D eigenvalue weighted by Crippen LogP contribution is 2.21. The second-order valence-electron chi connectivity index (χ2n) is 6.63. The first-order chi connectivity index (χ1) is 13.5. The van der Waals surface area contributed by atoms with Gasteiger partial charge >= 0.3 is 5.97 Å². The zero-order valence-electron chi connectivity index (χ0n) is 15.3. The first kappa shape index (κ1) is 19.9. The molecule has 28 heavy (non-hydrogen) atoms. The van der Waals surface area contributed by atoms with Crippen molar-refractivity contribution >= 4 is 29.5 Å². The SMILES string of the molecule is O=C(O)C(Cc1ccccc1)NC(=O)C1CSCC(=O)N1Cc1ccccc1. The zero-order valence-corrected chi connectivity index (χ0v) is 16.1. The van der Waals surface area contributed by atoms with Crippen LogP contribution in [0.2, 0.25) is 0 Å². The van der Waals surface area contributed by atoms with Gasteiger partial charge in [0.25, 0.3) is 0 Å². The van der Waals surface area contributed by atoms with Gasteiger partial charge < -0.3 is 15.3 Å². The van der Waals surface area contributed by atoms with E-state index in [0.29, 0.717) is 18.1 Å². The Hall–Kier alpha value is -2.80. The Labute approximate surface area is 167 Å². The highest BCUT2D eigenvalue weighted by atomic mass is 32.2. The molecule has 7 heteroatoms. The van der Waals surface area contributed by atoms with E-state index in [0.717, 1.165) is 11.1 Å². The number of nitrogens with one attached hydrogen (secondary N) is 1. The minimum Gasteiger partial charge on any atom is -0.480 e. The van der Waals surface area contributed by atoms with Crippen LogP contribution >= 0.6 is 11.8 Å². The maximum absolute atomic E-state index is 12.9. The topological polar surface area (TPSA) is 86.7 Å². The van der Waals surface area contributed by atoms with Crippen LogP contribution in [0.4, 0.5) is 0 Å². The fourth-order valence-corrected chi connectivity index (χ4v) is 4.13. The van der Waals surface area contributed by atoms with Crippen LogP contribution in [-0.2, 0) is 27.3 Å². The molecule has 1 aliphatic rings. The van der Waals surface area contributed by atoms with Crippen molar-refractivity contribution in [3.05, 3.63) is 71.8 Å². The number of benzene rings is 2. The van der Waals surface area contributed by atoms with E-state index >= 15 is 0 Å². The lowest BCUT2D eigenvalue weighted by atomic mass is 10.1. The number of carboxylic acid groups (broad SMARTS) is 1. The summed E-state index contributed by atoms with van der Waals surface area (Å²) in [6.45, 7) is 0.328. The molecule has 0 aliphatic carbocycles. The number of hydrogen-bond acceptors (Lipinski definition) is 4. The first-order valence-corrected chi connectivity index (χ1v) is 10.2. The third kappa shape index (κ3) is 5.13. The van der Waals surface area contributed by atoms with E-state index in [9.17, 15) is 19.5 Å². The van der Waals surface area contributed by atoms with Gasteiger partial charge in [-0.2, -0.15) is 0 Å². The van der Waals surface area contributed by atoms with E-state index in [2.05, 4.69) is 5.32 Å². The van der Waals surface area contributed by atoms with Gasteiger partial charge in [-0.05, 0) is 11.1 Å². The largest absolute Gasteiger partial charge is 0.480 e. The number of hydrogen-bond donors (Lipinski definition) is 2. The van der Waals surface area contributed by atoms with E-state index < -0.39 is 24.0 Å². The van der Waals surface area contributed by atoms with Gasteiger partial charge in [0.2, 0.25) is 11.8 Å². The van der Waals surface area contributed by atoms with Crippen LogP contribution in [0.5, 0.6) is 0 Å². The average molecular weight is 398 g/mol. The Balaban J connectivity index is 1.72. The zero-order chi connectivity index (χ0) is 19.9. The summed E-state index contributed by atoms with van der Waals surface area (Å²) in [6.07, 6.45) is 0.189. The predicted molar refractivity (Wildman–Crippen MR) is 108 cm³/mol. The van der Waals surface area contributed by atoms with Crippen molar-refractivity contribution in [1.82, 2.24) is 10.2 Å². The average Bonchev–Trinajstić information content (AvgIpc) is 2.70. The fraction of sp³-hybridized carbons (Fsp3) is 0.286. The minimum absolute atomic E-state index is 0.116. The highest BCUT2D eigenvalue weighted by Gasteiger charge is 2.35. The van der Waals surface area contributed by atoms with Crippen LogP contribution in [0.3, 0.4) is 0 Å². The number of nitrogens with zero attached hydrogens (tertiary/aromatic N) is 1. The second-order valence-corrected chi connectivity index (χ2v) is 7.66. The summed E-state index contributed by atoms with van der Waals surface area (Å²) in [5.74, 6) is -0.873. The molecule has 2 unspecified atom stereocenters. The molecule has 3 rings (SSSR count). The summed E-state index contributed by atoms with van der Waals surface area (Å²) >= 11 is 1.39. The van der Waals surface area contributed by atoms with E-state index in [1.807, 2.05) is 60.7 Å². The molecule has 1 heterocycles. The smallest absolute Gasteiger partial charge is 0.326 e. The van der Waals surface area contributed by atoms with Crippen molar-refractivity contribution in [2.24, 2.45) is 0 Å². The Morgan fingerprint density at radius 3 is 2.29 bits per heavy atom. The maximum Gasteiger partial charge on any atom is 0.326 e. The third-order valence-corrected chi connectivity index (χ3v) is 5.60. The van der Waals surface area contributed by atoms with Crippen molar-refractivity contribution < 1.29 is 19.5 Å². The molecule has 0 aromatic heterocycles. The molecular weight excluding hydrogens is 376 g/mol. The normalized spacial score (nSPS) is 17.8. The summed E-state index contributed by atoms with van der Waals surface area (Å²) in [4.78, 5) is 38.5. The first-order valence-electron chi connectivity index (χ1n) is 9.03. The van der Waals surface area contributed by atoms with Gasteiger partial charge in [0, 0.05) is 18.7 Å². The van der Waals surface area contributed by atoms with E-state index in [-0.39, 0.29) is 12.3 Å². The van der Waals surface area contributed by atoms with Crippen LogP contribution in [0.1, 0.15) is 11.1 Å². The standard InChI is InChI=1S/C21H22N2O4S/c24-19-14-28-13-18(23(19)12-16-9-5-2-6-10-16)20(25)22-17(21(26)27)11-15-7-3-1-4-8-15/h1-10,17-18H,11-14H2,(H,22,25)(H,26,27). The molecule has 2 N–H and O–H groups in total. The van der Waals surface area contributed by atoms with Crippen LogP contribution in [0, 0.1) is 0 Å². The number of carbonyl (C=O) groups is 3. The summed E-state index contributed by atoms with van der Waals surface area (Å²) < 4.78 is 0. The molecule has 2 aromatic carbocycles. The van der Waals surface area contributed by atoms with Gasteiger partial charge in [0.15, 0.2) is 0 Å². The molecule has 2 atom stereocenters. The molecule has 6 nitrogen and oxygen atoms in total. The van der Waals surface area contributed by atoms with Crippen molar-refractivity contribution in [2.75, 3.05) is 11.5 Å². The summed E-state index contributed by atoms with van der Waals surface area (Å²) in [6, 6.07) is 16.9. The van der Waals surface area contributed by atoms with Crippen molar-refractivity contribution in [1.29, 1.82) is 0 Å². The predicted octanol–water partition coefficient (Wildman–Crippen LogP) is 1.94. The van der Waals surface area contributed by atoms with E-state index in [4.69, 9.17) is 0 Å². The van der Waals surface area contributed by atoms with Gasteiger partial charge in [0.05, 0.1) is 5.75 Å². The van der Waals surface area contributed by atoms with Gasteiger partial charge in [-0.15, -0.1) is 11.8 Å². The molecule has 2 amide bonds. The molecular formula is C21H22N2O4S. The van der Waals surface area contributed by atoms with Crippen molar-refractivity contribution in [3.63, 3.8) is 0 Å². The third-order valence-electron chi connectivity index (χ3n) is 4.59. The Morgan fingerprint density at radius 2 is 1.68 bits per heavy atom. The van der Waals surface area contributed by atoms with Gasteiger partial charge in [-0.1, -0.05) is 60.7 Å². The summed E-state index contributed by atoms with van der Waals surface area (Å²) in [7, 11) is 0. The van der Waals surface area contributed by atoms with Crippen LogP contribution in [0.15, 0.2) is 60.7 Å². The molecule has 0 radical (unpaired) electrons. The monoisotopic (exact) mass is 398 g/mol. The van der Waals surface area contributed by atoms with Gasteiger partial charge in [0.1, 0.15) is 12.1 Å². The molecule has 146 valence electrons.